The fourth-order valence-corrected chi connectivity index (χ4v) is 3.68. The molecule has 4 rings (SSSR count). The lowest BCUT2D eigenvalue weighted by molar-refractivity contribution is 1.13. The van der Waals surface area contributed by atoms with E-state index in [0.717, 1.165) is 5.57 Å². The Morgan fingerprint density at radius 1 is 0.731 bits per heavy atom. The molecule has 0 aliphatic heterocycles. The van der Waals surface area contributed by atoms with Gasteiger partial charge in [0.2, 0.25) is 0 Å². The highest BCUT2D eigenvalue weighted by Gasteiger charge is 2.13. The maximum atomic E-state index is 4.24. The number of anilines is 1. The molecule has 0 N–H and O–H groups in total. The summed E-state index contributed by atoms with van der Waals surface area (Å²) in [6, 6.07) is 26.3. The monoisotopic (exact) mass is 337 g/mol. The highest BCUT2D eigenvalue weighted by atomic mass is 15.1. The van der Waals surface area contributed by atoms with Gasteiger partial charge >= 0.3 is 0 Å². The molecule has 128 valence electrons. The lowest BCUT2D eigenvalue weighted by atomic mass is 9.89. The van der Waals surface area contributed by atoms with Crippen LogP contribution in [0.25, 0.3) is 38.2 Å². The summed E-state index contributed by atoms with van der Waals surface area (Å²) in [5.74, 6) is 0. The lowest BCUT2D eigenvalue weighted by Crippen LogP contribution is -2.08. The number of hydrogen-bond donors (Lipinski definition) is 0. The van der Waals surface area contributed by atoms with Crippen LogP contribution in [0.2, 0.25) is 0 Å². The van der Waals surface area contributed by atoms with E-state index in [1.807, 2.05) is 0 Å². The van der Waals surface area contributed by atoms with Gasteiger partial charge in [0.25, 0.3) is 0 Å². The van der Waals surface area contributed by atoms with Crippen molar-refractivity contribution in [2.75, 3.05) is 19.0 Å². The van der Waals surface area contributed by atoms with Gasteiger partial charge in [0.1, 0.15) is 0 Å². The molecule has 0 aromatic heterocycles. The summed E-state index contributed by atoms with van der Waals surface area (Å²) >= 11 is 0. The first kappa shape index (κ1) is 16.4. The van der Waals surface area contributed by atoms with Crippen molar-refractivity contribution in [2.24, 2.45) is 0 Å². The summed E-state index contributed by atoms with van der Waals surface area (Å²) in [6.07, 6.45) is 0. The van der Waals surface area contributed by atoms with Crippen molar-refractivity contribution >= 4 is 32.8 Å². The Kier molecular flexibility index (Phi) is 4.00. The Bertz CT molecular complexity index is 1140. The van der Waals surface area contributed by atoms with Gasteiger partial charge in [0.05, 0.1) is 0 Å². The first-order valence-electron chi connectivity index (χ1n) is 8.94. The van der Waals surface area contributed by atoms with Crippen LogP contribution in [0.4, 0.5) is 5.69 Å². The van der Waals surface area contributed by atoms with Crippen molar-refractivity contribution in [3.8, 4) is 11.1 Å². The third kappa shape index (κ3) is 2.66. The molecule has 0 aliphatic carbocycles. The minimum absolute atomic E-state index is 1.08. The second-order valence-electron chi connectivity index (χ2n) is 7.10. The van der Waals surface area contributed by atoms with E-state index < -0.39 is 0 Å². The summed E-state index contributed by atoms with van der Waals surface area (Å²) in [7, 11) is 4.14. The quantitative estimate of drug-likeness (QED) is 0.373. The predicted octanol–water partition coefficient (Wildman–Crippen LogP) is 6.76. The second-order valence-corrected chi connectivity index (χ2v) is 7.10. The van der Waals surface area contributed by atoms with Gasteiger partial charge in [-0.3, -0.25) is 0 Å². The van der Waals surface area contributed by atoms with E-state index in [2.05, 4.69) is 105 Å². The maximum Gasteiger partial charge on any atom is 0.0367 e. The van der Waals surface area contributed by atoms with Crippen molar-refractivity contribution in [3.05, 3.63) is 84.9 Å². The number of benzene rings is 4. The zero-order valence-electron chi connectivity index (χ0n) is 15.6. The van der Waals surface area contributed by atoms with Crippen molar-refractivity contribution in [3.63, 3.8) is 0 Å². The molecule has 0 spiro atoms. The summed E-state index contributed by atoms with van der Waals surface area (Å²) in [4.78, 5) is 2.13. The second kappa shape index (κ2) is 6.34. The zero-order chi connectivity index (χ0) is 18.3. The minimum Gasteiger partial charge on any atom is -0.378 e. The predicted molar refractivity (Wildman–Crippen MR) is 116 cm³/mol. The third-order valence-electron chi connectivity index (χ3n) is 5.04. The van der Waals surface area contributed by atoms with E-state index in [0.29, 0.717) is 0 Å². The molecule has 4 aromatic rings. The first-order valence-corrected chi connectivity index (χ1v) is 8.94. The minimum atomic E-state index is 1.08. The van der Waals surface area contributed by atoms with E-state index in [9.17, 15) is 0 Å². The van der Waals surface area contributed by atoms with Crippen LogP contribution in [-0.2, 0) is 0 Å². The summed E-state index contributed by atoms with van der Waals surface area (Å²) in [5, 5.41) is 5.15. The number of allylic oxidation sites excluding steroid dienone is 1. The van der Waals surface area contributed by atoms with Gasteiger partial charge in [-0.25, -0.2) is 0 Å². The van der Waals surface area contributed by atoms with Gasteiger partial charge in [-0.1, -0.05) is 66.7 Å². The van der Waals surface area contributed by atoms with Crippen LogP contribution in [-0.4, -0.2) is 14.1 Å². The molecule has 0 fully saturated rings. The van der Waals surface area contributed by atoms with E-state index in [1.165, 1.54) is 43.9 Å². The van der Waals surface area contributed by atoms with Crippen LogP contribution >= 0.6 is 0 Å². The van der Waals surface area contributed by atoms with Crippen LogP contribution in [0.3, 0.4) is 0 Å². The molecule has 1 nitrogen and oxygen atoms in total. The Labute approximate surface area is 155 Å². The topological polar surface area (TPSA) is 3.24 Å². The fourth-order valence-electron chi connectivity index (χ4n) is 3.68. The van der Waals surface area contributed by atoms with Gasteiger partial charge in [-0.2, -0.15) is 0 Å². The van der Waals surface area contributed by atoms with Gasteiger partial charge in [0, 0.05) is 19.8 Å². The normalized spacial score (nSPS) is 11.0. The lowest BCUT2D eigenvalue weighted by Gasteiger charge is -2.19. The van der Waals surface area contributed by atoms with E-state index in [1.54, 1.807) is 0 Å². The van der Waals surface area contributed by atoms with Gasteiger partial charge in [-0.05, 0) is 63.4 Å². The van der Waals surface area contributed by atoms with Crippen molar-refractivity contribution in [1.29, 1.82) is 0 Å². The van der Waals surface area contributed by atoms with Crippen LogP contribution in [0.5, 0.6) is 0 Å². The molecule has 0 saturated heterocycles. The Hall–Kier alpha value is -3.06. The largest absolute Gasteiger partial charge is 0.378 e. The maximum absolute atomic E-state index is 4.24. The number of nitrogens with zero attached hydrogens (tertiary/aromatic N) is 1. The first-order chi connectivity index (χ1) is 12.6. The number of rotatable bonds is 3. The Morgan fingerprint density at radius 2 is 1.38 bits per heavy atom. The molecule has 0 heterocycles. The molecule has 0 amide bonds. The van der Waals surface area contributed by atoms with Crippen molar-refractivity contribution in [1.82, 2.24) is 0 Å². The molecule has 26 heavy (non-hydrogen) atoms. The molecule has 1 heteroatoms. The molecule has 0 bridgehead atoms. The van der Waals surface area contributed by atoms with Gasteiger partial charge < -0.3 is 4.90 Å². The standard InChI is InChI=1S/C25H23N/c1-17(2)24-16-19(26(3)4)13-14-23(24)25-15-18-9-5-6-10-20(18)21-11-7-8-12-22(21)25/h5-16H,1H2,2-4H3. The Balaban J connectivity index is 2.10. The smallest absolute Gasteiger partial charge is 0.0367 e. The van der Waals surface area contributed by atoms with Gasteiger partial charge in [-0.15, -0.1) is 0 Å². The fraction of sp³-hybridized carbons (Fsp3) is 0.120. The van der Waals surface area contributed by atoms with Gasteiger partial charge in [0.15, 0.2) is 0 Å². The molecule has 0 aliphatic rings. The van der Waals surface area contributed by atoms with E-state index in [-0.39, 0.29) is 0 Å². The highest BCUT2D eigenvalue weighted by Crippen LogP contribution is 2.38. The van der Waals surface area contributed by atoms with Crippen LogP contribution < -0.4 is 4.90 Å². The summed E-state index contributed by atoms with van der Waals surface area (Å²) < 4.78 is 0. The third-order valence-corrected chi connectivity index (χ3v) is 5.04. The summed E-state index contributed by atoms with van der Waals surface area (Å²) in [6.45, 7) is 6.32. The van der Waals surface area contributed by atoms with Crippen LogP contribution in [0.1, 0.15) is 12.5 Å². The van der Waals surface area contributed by atoms with Crippen molar-refractivity contribution < 1.29 is 0 Å². The molecule has 0 unspecified atom stereocenters. The number of fused-ring (bicyclic) bond motifs is 3. The SMILES string of the molecule is C=C(C)c1cc(N(C)C)ccc1-c1cc2ccccc2c2ccccc12. The molecular weight excluding hydrogens is 314 g/mol. The number of hydrogen-bond acceptors (Lipinski definition) is 1. The van der Waals surface area contributed by atoms with E-state index in [4.69, 9.17) is 0 Å². The zero-order valence-corrected chi connectivity index (χ0v) is 15.6. The molecule has 0 saturated carbocycles. The van der Waals surface area contributed by atoms with Crippen molar-refractivity contribution in [2.45, 2.75) is 6.92 Å². The molecular formula is C25H23N. The van der Waals surface area contributed by atoms with E-state index >= 15 is 0 Å². The average molecular weight is 337 g/mol. The summed E-state index contributed by atoms with van der Waals surface area (Å²) in [5.41, 5.74) is 5.99. The molecule has 0 atom stereocenters. The Morgan fingerprint density at radius 3 is 2.08 bits per heavy atom. The van der Waals surface area contributed by atoms with Crippen LogP contribution in [0, 0.1) is 0 Å². The average Bonchev–Trinajstić information content (AvgIpc) is 2.66. The highest BCUT2D eigenvalue weighted by molar-refractivity contribution is 6.14. The molecule has 0 radical (unpaired) electrons. The van der Waals surface area contributed by atoms with Crippen LogP contribution in [0.15, 0.2) is 79.4 Å². The molecule has 4 aromatic carbocycles.